The Balaban J connectivity index is 1.98. The van der Waals surface area contributed by atoms with Crippen LogP contribution in [0.4, 0.5) is 0 Å². The number of amides is 1. The third-order valence-corrected chi connectivity index (χ3v) is 3.50. The molecule has 4 nitrogen and oxygen atoms in total. The topological polar surface area (TPSA) is 51.5 Å². The fourth-order valence-corrected chi connectivity index (χ4v) is 2.03. The lowest BCUT2D eigenvalue weighted by atomic mass is 10.1. The van der Waals surface area contributed by atoms with Crippen LogP contribution in [0.1, 0.15) is 30.2 Å². The van der Waals surface area contributed by atoms with Gasteiger partial charge in [0.2, 0.25) is 0 Å². The number of furan rings is 1. The molecule has 1 aromatic heterocycles. The van der Waals surface area contributed by atoms with E-state index in [9.17, 15) is 4.79 Å². The predicted molar refractivity (Wildman–Crippen MR) is 81.2 cm³/mol. The van der Waals surface area contributed by atoms with Crippen LogP contribution in [0.5, 0.6) is 5.75 Å². The number of carbonyl (C=O) groups excluding carboxylic acids is 1. The monoisotopic (exact) mass is 287 g/mol. The van der Waals surface area contributed by atoms with Crippen LogP contribution in [0, 0.1) is 13.8 Å². The Kier molecular flexibility index (Phi) is 5.04. The van der Waals surface area contributed by atoms with Crippen molar-refractivity contribution in [3.63, 3.8) is 0 Å². The molecule has 0 aliphatic heterocycles. The first-order valence-corrected chi connectivity index (χ1v) is 7.14. The minimum Gasteiger partial charge on any atom is -0.480 e. The Labute approximate surface area is 125 Å². The summed E-state index contributed by atoms with van der Waals surface area (Å²) in [6.45, 7) is 6.33. The second kappa shape index (κ2) is 6.97. The lowest BCUT2D eigenvalue weighted by Gasteiger charge is -2.19. The average Bonchev–Trinajstić information content (AvgIpc) is 2.99. The van der Waals surface area contributed by atoms with Crippen molar-refractivity contribution in [3.05, 3.63) is 53.5 Å². The highest BCUT2D eigenvalue weighted by Crippen LogP contribution is 2.22. The molecule has 0 unspecified atom stereocenters. The van der Waals surface area contributed by atoms with E-state index in [-0.39, 0.29) is 5.91 Å². The minimum atomic E-state index is -0.500. The highest BCUT2D eigenvalue weighted by Gasteiger charge is 2.19. The third-order valence-electron chi connectivity index (χ3n) is 3.50. The SMILES string of the molecule is CC[C@@H](Oc1cccc(C)c1C)C(=O)NCc1ccco1. The minimum absolute atomic E-state index is 0.130. The Hall–Kier alpha value is -2.23. The molecule has 112 valence electrons. The molecule has 1 N–H and O–H groups in total. The van der Waals surface area contributed by atoms with Crippen LogP contribution in [-0.2, 0) is 11.3 Å². The third kappa shape index (κ3) is 3.88. The van der Waals surface area contributed by atoms with E-state index in [1.54, 1.807) is 12.3 Å². The molecule has 0 fully saturated rings. The van der Waals surface area contributed by atoms with E-state index in [2.05, 4.69) is 5.32 Å². The molecule has 2 rings (SSSR count). The molecule has 0 spiro atoms. The maximum atomic E-state index is 12.2. The summed E-state index contributed by atoms with van der Waals surface area (Å²) in [5.74, 6) is 1.36. The number of nitrogens with one attached hydrogen (secondary N) is 1. The van der Waals surface area contributed by atoms with Crippen molar-refractivity contribution in [1.82, 2.24) is 5.32 Å². The molecule has 4 heteroatoms. The van der Waals surface area contributed by atoms with Gasteiger partial charge in [-0.25, -0.2) is 0 Å². The predicted octanol–water partition coefficient (Wildman–Crippen LogP) is 3.37. The van der Waals surface area contributed by atoms with Gasteiger partial charge in [0.05, 0.1) is 12.8 Å². The van der Waals surface area contributed by atoms with Gasteiger partial charge in [0, 0.05) is 0 Å². The zero-order chi connectivity index (χ0) is 15.2. The molecule has 2 aromatic rings. The summed E-state index contributed by atoms with van der Waals surface area (Å²) in [5, 5.41) is 2.83. The van der Waals surface area contributed by atoms with Crippen LogP contribution < -0.4 is 10.1 Å². The zero-order valence-electron chi connectivity index (χ0n) is 12.7. The summed E-state index contributed by atoms with van der Waals surface area (Å²) in [6.07, 6.45) is 1.70. The van der Waals surface area contributed by atoms with E-state index >= 15 is 0 Å². The number of rotatable bonds is 6. The van der Waals surface area contributed by atoms with Crippen molar-refractivity contribution in [3.8, 4) is 5.75 Å². The molecule has 0 radical (unpaired) electrons. The number of aryl methyl sites for hydroxylation is 1. The molecule has 0 bridgehead atoms. The number of carbonyl (C=O) groups is 1. The number of hydrogen-bond donors (Lipinski definition) is 1. The summed E-state index contributed by atoms with van der Waals surface area (Å²) < 4.78 is 11.1. The van der Waals surface area contributed by atoms with Gasteiger partial charge in [-0.3, -0.25) is 4.79 Å². The maximum absolute atomic E-state index is 12.2. The Morgan fingerprint density at radius 3 is 2.76 bits per heavy atom. The van der Waals surface area contributed by atoms with E-state index < -0.39 is 6.10 Å². The summed E-state index contributed by atoms with van der Waals surface area (Å²) in [5.41, 5.74) is 2.22. The summed E-state index contributed by atoms with van der Waals surface area (Å²) >= 11 is 0. The highest BCUT2D eigenvalue weighted by atomic mass is 16.5. The fourth-order valence-electron chi connectivity index (χ4n) is 2.03. The van der Waals surface area contributed by atoms with Crippen molar-refractivity contribution in [2.24, 2.45) is 0 Å². The van der Waals surface area contributed by atoms with Gasteiger partial charge in [0.25, 0.3) is 5.91 Å². The van der Waals surface area contributed by atoms with Crippen molar-refractivity contribution in [2.45, 2.75) is 39.8 Å². The Morgan fingerprint density at radius 1 is 1.29 bits per heavy atom. The van der Waals surface area contributed by atoms with Gasteiger partial charge in [-0.1, -0.05) is 19.1 Å². The molecule has 0 aliphatic rings. The highest BCUT2D eigenvalue weighted by molar-refractivity contribution is 5.81. The summed E-state index contributed by atoms with van der Waals surface area (Å²) in [6, 6.07) is 9.48. The molecule has 1 heterocycles. The first-order chi connectivity index (χ1) is 10.1. The van der Waals surface area contributed by atoms with E-state index in [4.69, 9.17) is 9.15 Å². The van der Waals surface area contributed by atoms with E-state index in [1.165, 1.54) is 0 Å². The van der Waals surface area contributed by atoms with Gasteiger partial charge in [-0.05, 0) is 49.6 Å². The molecule has 0 saturated heterocycles. The van der Waals surface area contributed by atoms with Crippen LogP contribution >= 0.6 is 0 Å². The van der Waals surface area contributed by atoms with Gasteiger partial charge in [0.1, 0.15) is 11.5 Å². The molecule has 0 aliphatic carbocycles. The fraction of sp³-hybridized carbons (Fsp3) is 0.353. The Morgan fingerprint density at radius 2 is 2.10 bits per heavy atom. The summed E-state index contributed by atoms with van der Waals surface area (Å²) in [7, 11) is 0. The van der Waals surface area contributed by atoms with Gasteiger partial charge in [-0.2, -0.15) is 0 Å². The largest absolute Gasteiger partial charge is 0.480 e. The normalized spacial score (nSPS) is 12.0. The average molecular weight is 287 g/mol. The van der Waals surface area contributed by atoms with E-state index in [0.29, 0.717) is 13.0 Å². The van der Waals surface area contributed by atoms with Crippen molar-refractivity contribution >= 4 is 5.91 Å². The first-order valence-electron chi connectivity index (χ1n) is 7.14. The zero-order valence-corrected chi connectivity index (χ0v) is 12.7. The van der Waals surface area contributed by atoms with Gasteiger partial charge in [-0.15, -0.1) is 0 Å². The molecular formula is C17H21NO3. The van der Waals surface area contributed by atoms with Crippen LogP contribution in [0.2, 0.25) is 0 Å². The van der Waals surface area contributed by atoms with Crippen molar-refractivity contribution in [1.29, 1.82) is 0 Å². The van der Waals surface area contributed by atoms with Gasteiger partial charge >= 0.3 is 0 Å². The molecule has 21 heavy (non-hydrogen) atoms. The molecule has 0 saturated carbocycles. The number of ether oxygens (including phenoxy) is 1. The molecular weight excluding hydrogens is 266 g/mol. The molecule has 1 amide bonds. The quantitative estimate of drug-likeness (QED) is 0.886. The molecule has 1 atom stereocenters. The van der Waals surface area contributed by atoms with Crippen molar-refractivity contribution < 1.29 is 13.9 Å². The molecule has 1 aromatic carbocycles. The second-order valence-corrected chi connectivity index (χ2v) is 5.01. The van der Waals surface area contributed by atoms with Crippen LogP contribution in [-0.4, -0.2) is 12.0 Å². The van der Waals surface area contributed by atoms with Crippen LogP contribution in [0.3, 0.4) is 0 Å². The van der Waals surface area contributed by atoms with Crippen LogP contribution in [0.25, 0.3) is 0 Å². The van der Waals surface area contributed by atoms with Gasteiger partial charge in [0.15, 0.2) is 6.10 Å². The smallest absolute Gasteiger partial charge is 0.261 e. The van der Waals surface area contributed by atoms with E-state index in [1.807, 2.05) is 45.0 Å². The van der Waals surface area contributed by atoms with Crippen molar-refractivity contribution in [2.75, 3.05) is 0 Å². The second-order valence-electron chi connectivity index (χ2n) is 5.01. The van der Waals surface area contributed by atoms with Crippen LogP contribution in [0.15, 0.2) is 41.0 Å². The standard InChI is InChI=1S/C17H21NO3/c1-4-15(17(19)18-11-14-8-6-10-20-14)21-16-9-5-7-12(2)13(16)3/h5-10,15H,4,11H2,1-3H3,(H,18,19)/t15-/m1/s1. The lowest BCUT2D eigenvalue weighted by Crippen LogP contribution is -2.37. The number of hydrogen-bond acceptors (Lipinski definition) is 3. The Bertz CT molecular complexity index is 590. The number of benzene rings is 1. The maximum Gasteiger partial charge on any atom is 0.261 e. The van der Waals surface area contributed by atoms with E-state index in [0.717, 1.165) is 22.6 Å². The van der Waals surface area contributed by atoms with Gasteiger partial charge < -0.3 is 14.5 Å². The summed E-state index contributed by atoms with van der Waals surface area (Å²) in [4.78, 5) is 12.2. The first kappa shape index (κ1) is 15.2. The lowest BCUT2D eigenvalue weighted by molar-refractivity contribution is -0.128.